The lowest BCUT2D eigenvalue weighted by Crippen LogP contribution is -2.50. The zero-order chi connectivity index (χ0) is 31.2. The van der Waals surface area contributed by atoms with E-state index < -0.39 is 45.5 Å². The van der Waals surface area contributed by atoms with Crippen molar-refractivity contribution in [2.24, 2.45) is 5.92 Å². The van der Waals surface area contributed by atoms with Crippen molar-refractivity contribution in [1.82, 2.24) is 14.9 Å². The molecular weight excluding hydrogens is 564 g/mol. The second-order valence-corrected chi connectivity index (χ2v) is 14.5. The molecule has 3 N–H and O–H groups in total. The van der Waals surface area contributed by atoms with E-state index in [0.29, 0.717) is 31.8 Å². The van der Waals surface area contributed by atoms with Gasteiger partial charge in [0.2, 0.25) is 10.0 Å². The van der Waals surface area contributed by atoms with Crippen molar-refractivity contribution in [1.29, 1.82) is 0 Å². The van der Waals surface area contributed by atoms with Crippen LogP contribution in [0.3, 0.4) is 0 Å². The number of carbonyl (C=O) groups excluding carboxylic acids is 1. The third-order valence-corrected chi connectivity index (χ3v) is 8.67. The molecule has 1 saturated heterocycles. The normalized spacial score (nSPS) is 19.9. The molecule has 1 aliphatic heterocycles. The minimum Gasteiger partial charge on any atom is -0.444 e. The van der Waals surface area contributed by atoms with Crippen LogP contribution in [-0.2, 0) is 21.2 Å². The summed E-state index contributed by atoms with van der Waals surface area (Å²) < 4.78 is 59.8. The predicted octanol–water partition coefficient (Wildman–Crippen LogP) is 4.89. The van der Waals surface area contributed by atoms with Crippen LogP contribution in [0.15, 0.2) is 42.5 Å². The predicted molar refractivity (Wildman–Crippen MR) is 160 cm³/mol. The number of amides is 1. The minimum atomic E-state index is -3.42. The Balaban J connectivity index is 1.68. The molecule has 0 bridgehead atoms. The highest BCUT2D eigenvalue weighted by atomic mass is 32.2. The van der Waals surface area contributed by atoms with Crippen molar-refractivity contribution in [3.63, 3.8) is 0 Å². The topological polar surface area (TPSA) is 108 Å². The molecule has 234 valence electrons. The summed E-state index contributed by atoms with van der Waals surface area (Å²) in [5.41, 5.74) is 1.62. The van der Waals surface area contributed by atoms with Gasteiger partial charge >= 0.3 is 6.09 Å². The van der Waals surface area contributed by atoms with Crippen LogP contribution in [0.4, 0.5) is 13.6 Å². The molecule has 2 aromatic carbocycles. The number of aliphatic hydroxyl groups is 1. The maximum atomic E-state index is 13.8. The molecule has 1 heterocycles. The van der Waals surface area contributed by atoms with Crippen molar-refractivity contribution < 1.29 is 31.8 Å². The lowest BCUT2D eigenvalue weighted by Gasteiger charge is -2.38. The molecule has 42 heavy (non-hydrogen) atoms. The summed E-state index contributed by atoms with van der Waals surface area (Å²) in [6, 6.07) is 9.97. The van der Waals surface area contributed by atoms with Crippen LogP contribution in [0.2, 0.25) is 0 Å². The molecule has 1 fully saturated rings. The van der Waals surface area contributed by atoms with Crippen molar-refractivity contribution in [3.8, 4) is 0 Å². The number of halogens is 2. The average molecular weight is 610 g/mol. The maximum absolute atomic E-state index is 13.8. The molecule has 4 atom stereocenters. The number of rotatable bonds is 11. The van der Waals surface area contributed by atoms with E-state index in [-0.39, 0.29) is 30.5 Å². The van der Waals surface area contributed by atoms with Crippen molar-refractivity contribution in [2.45, 2.75) is 83.6 Å². The molecule has 0 spiro atoms. The van der Waals surface area contributed by atoms with E-state index in [1.807, 2.05) is 18.2 Å². The summed E-state index contributed by atoms with van der Waals surface area (Å²) in [7, 11) is -3.42. The van der Waals surface area contributed by atoms with Gasteiger partial charge in [0, 0.05) is 25.2 Å². The van der Waals surface area contributed by atoms with E-state index in [2.05, 4.69) is 30.5 Å². The SMILES string of the molecule is CC(C)c1cccc(C2CC(CNCC(O)C(Cc3cc(F)cc(F)c3)NC(=O)OC(C)(C)C)CCN2S(C)(=O)=O)c1. The number of aliphatic hydroxyl groups excluding tert-OH is 1. The largest absolute Gasteiger partial charge is 0.444 e. The first-order valence-electron chi connectivity index (χ1n) is 14.4. The summed E-state index contributed by atoms with van der Waals surface area (Å²) >= 11 is 0. The number of hydrogen-bond donors (Lipinski definition) is 3. The number of benzene rings is 2. The fraction of sp³-hybridized carbons (Fsp3) is 0.581. The van der Waals surface area contributed by atoms with E-state index >= 15 is 0 Å². The lowest BCUT2D eigenvalue weighted by atomic mass is 9.87. The van der Waals surface area contributed by atoms with Crippen LogP contribution in [0.5, 0.6) is 0 Å². The van der Waals surface area contributed by atoms with Gasteiger partial charge < -0.3 is 20.5 Å². The van der Waals surface area contributed by atoms with E-state index in [1.165, 1.54) is 6.26 Å². The Bertz CT molecular complexity index is 1300. The molecule has 2 aromatic rings. The molecule has 11 heteroatoms. The average Bonchev–Trinajstić information content (AvgIpc) is 2.86. The lowest BCUT2D eigenvalue weighted by molar-refractivity contribution is 0.0420. The monoisotopic (exact) mass is 609 g/mol. The first kappa shape index (κ1) is 33.9. The fourth-order valence-electron chi connectivity index (χ4n) is 5.33. The summed E-state index contributed by atoms with van der Waals surface area (Å²) in [5, 5.41) is 16.9. The Morgan fingerprint density at radius 3 is 2.40 bits per heavy atom. The Morgan fingerprint density at radius 2 is 1.81 bits per heavy atom. The van der Waals surface area contributed by atoms with Crippen LogP contribution in [0, 0.1) is 17.6 Å². The van der Waals surface area contributed by atoms with Gasteiger partial charge in [-0.2, -0.15) is 4.31 Å². The van der Waals surface area contributed by atoms with Gasteiger partial charge in [-0.15, -0.1) is 0 Å². The standard InChI is InChI=1S/C31H45F2N3O5S/c1-20(2)23-8-7-9-24(16-23)28-15-21(10-11-36(28)42(6,39)40)18-34-19-29(37)27(35-30(38)41-31(3,4)5)14-22-12-25(32)17-26(33)13-22/h7-9,12-13,16-17,20-21,27-29,34,37H,10-11,14-15,18-19H2,1-6H3,(H,35,38). The molecule has 0 aliphatic carbocycles. The van der Waals surface area contributed by atoms with Crippen LogP contribution < -0.4 is 10.6 Å². The zero-order valence-corrected chi connectivity index (χ0v) is 26.2. The van der Waals surface area contributed by atoms with Crippen LogP contribution >= 0.6 is 0 Å². The quantitative estimate of drug-likeness (QED) is 0.335. The number of hydrogen-bond acceptors (Lipinski definition) is 6. The number of sulfonamides is 1. The number of nitrogens with zero attached hydrogens (tertiary/aromatic N) is 1. The van der Waals surface area contributed by atoms with Crippen LogP contribution in [0.25, 0.3) is 0 Å². The second-order valence-electron chi connectivity index (χ2n) is 12.6. The van der Waals surface area contributed by atoms with Gasteiger partial charge in [-0.3, -0.25) is 0 Å². The van der Waals surface area contributed by atoms with Gasteiger partial charge in [-0.25, -0.2) is 22.0 Å². The number of ether oxygens (including phenoxy) is 1. The Morgan fingerprint density at radius 1 is 1.14 bits per heavy atom. The van der Waals surface area contributed by atoms with Crippen LogP contribution in [-0.4, -0.2) is 67.6 Å². The van der Waals surface area contributed by atoms with E-state index in [0.717, 1.165) is 29.3 Å². The molecule has 0 aromatic heterocycles. The summed E-state index contributed by atoms with van der Waals surface area (Å²) in [4.78, 5) is 12.5. The van der Waals surface area contributed by atoms with Gasteiger partial charge in [-0.05, 0) is 87.2 Å². The highest BCUT2D eigenvalue weighted by molar-refractivity contribution is 7.88. The number of piperidine rings is 1. The highest BCUT2D eigenvalue weighted by Gasteiger charge is 2.35. The first-order valence-corrected chi connectivity index (χ1v) is 16.3. The second kappa shape index (κ2) is 14.2. The molecule has 1 aliphatic rings. The molecule has 3 rings (SSSR count). The maximum Gasteiger partial charge on any atom is 0.407 e. The summed E-state index contributed by atoms with van der Waals surface area (Å²) in [5.74, 6) is -1.05. The van der Waals surface area contributed by atoms with Gasteiger partial charge in [0.1, 0.15) is 17.2 Å². The molecule has 8 nitrogen and oxygen atoms in total. The van der Waals surface area contributed by atoms with Crippen molar-refractivity contribution in [2.75, 3.05) is 25.9 Å². The summed E-state index contributed by atoms with van der Waals surface area (Å²) in [6.07, 6.45) is 0.640. The van der Waals surface area contributed by atoms with Crippen molar-refractivity contribution >= 4 is 16.1 Å². The van der Waals surface area contributed by atoms with Gasteiger partial charge in [-0.1, -0.05) is 38.1 Å². The van der Waals surface area contributed by atoms with Crippen molar-refractivity contribution in [3.05, 3.63) is 70.8 Å². The molecular formula is C31H45F2N3O5S. The molecule has 4 unspecified atom stereocenters. The zero-order valence-electron chi connectivity index (χ0n) is 25.4. The van der Waals surface area contributed by atoms with Crippen LogP contribution in [0.1, 0.15) is 76.1 Å². The summed E-state index contributed by atoms with van der Waals surface area (Å²) in [6.45, 7) is 10.3. The van der Waals surface area contributed by atoms with Gasteiger partial charge in [0.15, 0.2) is 0 Å². The molecule has 0 radical (unpaired) electrons. The third kappa shape index (κ3) is 10.3. The molecule has 1 amide bonds. The van der Waals surface area contributed by atoms with E-state index in [9.17, 15) is 27.1 Å². The third-order valence-electron chi connectivity index (χ3n) is 7.38. The van der Waals surface area contributed by atoms with E-state index in [1.54, 1.807) is 25.1 Å². The minimum absolute atomic E-state index is 0.0161. The fourth-order valence-corrected chi connectivity index (χ4v) is 6.44. The number of nitrogens with one attached hydrogen (secondary N) is 2. The molecule has 0 saturated carbocycles. The number of alkyl carbamates (subject to hydrolysis) is 1. The number of carbonyl (C=O) groups is 1. The van der Waals surface area contributed by atoms with E-state index in [4.69, 9.17) is 4.74 Å². The highest BCUT2D eigenvalue weighted by Crippen LogP contribution is 2.36. The first-order chi connectivity index (χ1) is 19.5. The van der Waals surface area contributed by atoms with Gasteiger partial charge in [0.25, 0.3) is 0 Å². The van der Waals surface area contributed by atoms with Gasteiger partial charge in [0.05, 0.1) is 18.4 Å². The smallest absolute Gasteiger partial charge is 0.407 e. The Hall–Kier alpha value is -2.60. The Kier molecular flexibility index (Phi) is 11.5. The Labute approximate surface area is 248 Å².